The van der Waals surface area contributed by atoms with E-state index in [0.29, 0.717) is 19.2 Å². The zero-order valence-corrected chi connectivity index (χ0v) is 14.2. The van der Waals surface area contributed by atoms with E-state index in [1.807, 2.05) is 13.8 Å². The second kappa shape index (κ2) is 9.24. The highest BCUT2D eigenvalue weighted by atomic mass is 19.4. The Morgan fingerprint density at radius 3 is 2.52 bits per heavy atom. The second-order valence-electron chi connectivity index (χ2n) is 5.49. The maximum atomic E-state index is 12.7. The van der Waals surface area contributed by atoms with Crippen molar-refractivity contribution in [2.24, 2.45) is 0 Å². The molecule has 0 unspecified atom stereocenters. The van der Waals surface area contributed by atoms with Crippen LogP contribution in [0.1, 0.15) is 38.7 Å². The van der Waals surface area contributed by atoms with Gasteiger partial charge in [-0.25, -0.2) is 0 Å². The number of benzene rings is 1. The average molecular weight is 361 g/mol. The maximum Gasteiger partial charge on any atom is 0.416 e. The topological polar surface area (TPSA) is 75.5 Å². The predicted octanol–water partition coefficient (Wildman–Crippen LogP) is 4.06. The molecule has 1 aromatic carbocycles. The number of carbonyl (C=O) groups excluding carboxylic acids is 1. The van der Waals surface area contributed by atoms with Crippen LogP contribution in [0.3, 0.4) is 0 Å². The number of nitrogens with one attached hydrogen (secondary N) is 1. The van der Waals surface area contributed by atoms with Gasteiger partial charge in [0, 0.05) is 32.1 Å². The first-order valence-corrected chi connectivity index (χ1v) is 8.08. The zero-order chi connectivity index (χ0) is 19.0. The number of alkyl halides is 3. The lowest BCUT2D eigenvalue weighted by atomic mass is 10.1. The number of rotatable bonds is 9. The molecule has 0 spiro atoms. The monoisotopic (exact) mass is 361 g/mol. The van der Waals surface area contributed by atoms with Crippen molar-refractivity contribution in [1.82, 2.24) is 4.90 Å². The highest BCUT2D eigenvalue weighted by Crippen LogP contribution is 2.34. The van der Waals surface area contributed by atoms with Gasteiger partial charge in [0.2, 0.25) is 5.91 Å². The summed E-state index contributed by atoms with van der Waals surface area (Å²) in [4.78, 5) is 23.9. The van der Waals surface area contributed by atoms with Gasteiger partial charge in [-0.3, -0.25) is 14.9 Å². The third-order valence-corrected chi connectivity index (χ3v) is 3.69. The van der Waals surface area contributed by atoms with Gasteiger partial charge in [-0.2, -0.15) is 13.2 Å². The van der Waals surface area contributed by atoms with Gasteiger partial charge in [-0.05, 0) is 25.5 Å². The van der Waals surface area contributed by atoms with Crippen molar-refractivity contribution < 1.29 is 22.9 Å². The SMILES string of the molecule is CCCCN(CC)C(=O)CCNc1ccc(C(F)(F)F)cc1[N+](=O)[O-]. The molecule has 0 radical (unpaired) electrons. The molecular formula is C16H22F3N3O3. The van der Waals surface area contributed by atoms with Crippen molar-refractivity contribution in [1.29, 1.82) is 0 Å². The Morgan fingerprint density at radius 1 is 1.32 bits per heavy atom. The van der Waals surface area contributed by atoms with Gasteiger partial charge < -0.3 is 10.2 Å². The highest BCUT2D eigenvalue weighted by Gasteiger charge is 2.33. The van der Waals surface area contributed by atoms with E-state index in [0.717, 1.165) is 25.0 Å². The number of amides is 1. The fourth-order valence-corrected chi connectivity index (χ4v) is 2.28. The minimum Gasteiger partial charge on any atom is -0.379 e. The van der Waals surface area contributed by atoms with Crippen molar-refractivity contribution in [3.05, 3.63) is 33.9 Å². The summed E-state index contributed by atoms with van der Waals surface area (Å²) < 4.78 is 38.0. The maximum absolute atomic E-state index is 12.7. The number of hydrogen-bond acceptors (Lipinski definition) is 4. The number of halogens is 3. The standard InChI is InChI=1S/C16H22F3N3O3/c1-3-5-10-21(4-2)15(23)8-9-20-13-7-6-12(16(17,18)19)11-14(13)22(24)25/h6-7,11,20H,3-5,8-10H2,1-2H3. The minimum atomic E-state index is -4.65. The largest absolute Gasteiger partial charge is 0.416 e. The quantitative estimate of drug-likeness (QED) is 0.531. The van der Waals surface area contributed by atoms with E-state index < -0.39 is 22.4 Å². The number of nitro groups is 1. The normalized spacial score (nSPS) is 11.2. The fourth-order valence-electron chi connectivity index (χ4n) is 2.28. The number of anilines is 1. The van der Waals surface area contributed by atoms with Crippen LogP contribution < -0.4 is 5.32 Å². The summed E-state index contributed by atoms with van der Waals surface area (Å²) in [7, 11) is 0. The fraction of sp³-hybridized carbons (Fsp3) is 0.562. The van der Waals surface area contributed by atoms with Crippen LogP contribution in [0.15, 0.2) is 18.2 Å². The van der Waals surface area contributed by atoms with Crippen molar-refractivity contribution in [2.45, 2.75) is 39.3 Å². The van der Waals surface area contributed by atoms with Crippen LogP contribution in [0.25, 0.3) is 0 Å². The molecule has 0 fully saturated rings. The van der Waals surface area contributed by atoms with Crippen LogP contribution in [0.2, 0.25) is 0 Å². The number of unbranched alkanes of at least 4 members (excludes halogenated alkanes) is 1. The number of nitrogens with zero attached hydrogens (tertiary/aromatic N) is 2. The summed E-state index contributed by atoms with van der Waals surface area (Å²) in [6, 6.07) is 2.28. The summed E-state index contributed by atoms with van der Waals surface area (Å²) in [6.45, 7) is 5.20. The van der Waals surface area contributed by atoms with Gasteiger partial charge in [0.1, 0.15) is 5.69 Å². The van der Waals surface area contributed by atoms with Gasteiger partial charge in [0.15, 0.2) is 0 Å². The molecule has 9 heteroatoms. The average Bonchev–Trinajstić information content (AvgIpc) is 2.54. The molecule has 1 aromatic rings. The molecular weight excluding hydrogens is 339 g/mol. The van der Waals surface area contributed by atoms with Gasteiger partial charge >= 0.3 is 6.18 Å². The highest BCUT2D eigenvalue weighted by molar-refractivity contribution is 5.77. The van der Waals surface area contributed by atoms with E-state index in [2.05, 4.69) is 5.32 Å². The second-order valence-corrected chi connectivity index (χ2v) is 5.49. The number of carbonyl (C=O) groups is 1. The van der Waals surface area contributed by atoms with E-state index in [-0.39, 0.29) is 24.6 Å². The van der Waals surface area contributed by atoms with Crippen molar-refractivity contribution >= 4 is 17.3 Å². The molecule has 0 aliphatic heterocycles. The lowest BCUT2D eigenvalue weighted by Crippen LogP contribution is -2.32. The molecule has 140 valence electrons. The number of hydrogen-bond donors (Lipinski definition) is 1. The van der Waals surface area contributed by atoms with Crippen molar-refractivity contribution in [3.63, 3.8) is 0 Å². The lowest BCUT2D eigenvalue weighted by molar-refractivity contribution is -0.384. The van der Waals surface area contributed by atoms with Crippen LogP contribution in [0, 0.1) is 10.1 Å². The molecule has 0 saturated carbocycles. The van der Waals surface area contributed by atoms with Gasteiger partial charge in [0.05, 0.1) is 10.5 Å². The summed E-state index contributed by atoms with van der Waals surface area (Å²) in [5, 5.41) is 13.7. The van der Waals surface area contributed by atoms with E-state index in [1.54, 1.807) is 4.90 Å². The van der Waals surface area contributed by atoms with Crippen LogP contribution in [-0.4, -0.2) is 35.4 Å². The van der Waals surface area contributed by atoms with Crippen molar-refractivity contribution in [2.75, 3.05) is 25.0 Å². The van der Waals surface area contributed by atoms with Crippen LogP contribution in [-0.2, 0) is 11.0 Å². The summed E-state index contributed by atoms with van der Waals surface area (Å²) in [6.07, 6.45) is -2.70. The molecule has 0 heterocycles. The first-order valence-electron chi connectivity index (χ1n) is 8.08. The molecule has 0 bridgehead atoms. The first-order chi connectivity index (χ1) is 11.7. The van der Waals surface area contributed by atoms with E-state index in [1.165, 1.54) is 0 Å². The van der Waals surface area contributed by atoms with E-state index in [9.17, 15) is 28.1 Å². The molecule has 0 aliphatic rings. The predicted molar refractivity (Wildman–Crippen MR) is 88.4 cm³/mol. The Morgan fingerprint density at radius 2 is 2.00 bits per heavy atom. The van der Waals surface area contributed by atoms with Crippen molar-refractivity contribution in [3.8, 4) is 0 Å². The summed E-state index contributed by atoms with van der Waals surface area (Å²) in [5.74, 6) is -0.0991. The Kier molecular flexibility index (Phi) is 7.66. The molecule has 0 aliphatic carbocycles. The van der Waals surface area contributed by atoms with Crippen LogP contribution in [0.5, 0.6) is 0 Å². The molecule has 0 saturated heterocycles. The van der Waals surface area contributed by atoms with Crippen LogP contribution in [0.4, 0.5) is 24.5 Å². The Bertz CT molecular complexity index is 606. The summed E-state index contributed by atoms with van der Waals surface area (Å²) >= 11 is 0. The zero-order valence-electron chi connectivity index (χ0n) is 14.2. The van der Waals surface area contributed by atoms with Gasteiger partial charge in [-0.15, -0.1) is 0 Å². The first kappa shape index (κ1) is 20.7. The molecule has 1 rings (SSSR count). The molecule has 0 atom stereocenters. The molecule has 1 N–H and O–H groups in total. The Hall–Kier alpha value is -2.32. The third kappa shape index (κ3) is 6.24. The molecule has 6 nitrogen and oxygen atoms in total. The smallest absolute Gasteiger partial charge is 0.379 e. The Labute approximate surface area is 144 Å². The molecule has 25 heavy (non-hydrogen) atoms. The van der Waals surface area contributed by atoms with E-state index >= 15 is 0 Å². The summed E-state index contributed by atoms with van der Waals surface area (Å²) in [5.41, 5.74) is -1.79. The number of nitro benzene ring substituents is 1. The van der Waals surface area contributed by atoms with Gasteiger partial charge in [-0.1, -0.05) is 13.3 Å². The molecule has 1 amide bonds. The Balaban J connectivity index is 2.74. The third-order valence-electron chi connectivity index (χ3n) is 3.69. The van der Waals surface area contributed by atoms with Crippen LogP contribution >= 0.6 is 0 Å². The minimum absolute atomic E-state index is 0.0394. The van der Waals surface area contributed by atoms with Gasteiger partial charge in [0.25, 0.3) is 5.69 Å². The molecule has 0 aromatic heterocycles. The van der Waals surface area contributed by atoms with E-state index in [4.69, 9.17) is 0 Å². The lowest BCUT2D eigenvalue weighted by Gasteiger charge is -2.20.